The fourth-order valence-electron chi connectivity index (χ4n) is 2.94. The number of hydrogen-bond acceptors (Lipinski definition) is 3. The lowest BCUT2D eigenvalue weighted by atomic mass is 9.99. The summed E-state index contributed by atoms with van der Waals surface area (Å²) in [6, 6.07) is 0.238. The second kappa shape index (κ2) is 4.94. The molecule has 2 saturated heterocycles. The van der Waals surface area contributed by atoms with E-state index in [2.05, 4.69) is 33.0 Å². The lowest BCUT2D eigenvalue weighted by molar-refractivity contribution is -0.133. The summed E-state index contributed by atoms with van der Waals surface area (Å²) in [6.45, 7) is 9.19. The molecule has 17 heavy (non-hydrogen) atoms. The summed E-state index contributed by atoms with van der Waals surface area (Å²) >= 11 is 0. The number of hydrogen-bond donors (Lipinski definition) is 1. The van der Waals surface area contributed by atoms with Gasteiger partial charge in [-0.1, -0.05) is 20.3 Å². The predicted octanol–water partition coefficient (Wildman–Crippen LogP) is 1.36. The van der Waals surface area contributed by atoms with Crippen LogP contribution in [0.15, 0.2) is 0 Å². The molecule has 2 rings (SSSR count). The summed E-state index contributed by atoms with van der Waals surface area (Å²) in [5.41, 5.74) is 0. The van der Waals surface area contributed by atoms with Crippen LogP contribution in [0.2, 0.25) is 0 Å². The number of ether oxygens (including phenoxy) is 1. The Kier molecular flexibility index (Phi) is 3.73. The Morgan fingerprint density at radius 1 is 1.53 bits per heavy atom. The monoisotopic (exact) mass is 240 g/mol. The molecule has 2 aliphatic rings. The van der Waals surface area contributed by atoms with Crippen molar-refractivity contribution in [2.75, 3.05) is 6.61 Å². The number of carbonyl (C=O) groups is 1. The van der Waals surface area contributed by atoms with Gasteiger partial charge in [0.15, 0.2) is 0 Å². The summed E-state index contributed by atoms with van der Waals surface area (Å²) in [5.74, 6) is 0.654. The van der Waals surface area contributed by atoms with Crippen LogP contribution in [0.3, 0.4) is 0 Å². The number of amides is 1. The fourth-order valence-corrected chi connectivity index (χ4v) is 2.94. The molecule has 0 aromatic heterocycles. The van der Waals surface area contributed by atoms with Crippen molar-refractivity contribution in [3.8, 4) is 0 Å². The van der Waals surface area contributed by atoms with Gasteiger partial charge >= 0.3 is 0 Å². The molecule has 0 saturated carbocycles. The first-order valence-electron chi connectivity index (χ1n) is 6.76. The molecule has 2 aliphatic heterocycles. The first-order chi connectivity index (χ1) is 8.06. The van der Waals surface area contributed by atoms with Gasteiger partial charge in [0.25, 0.3) is 0 Å². The van der Waals surface area contributed by atoms with Crippen LogP contribution in [0.1, 0.15) is 40.5 Å². The Bertz CT molecular complexity index is 295. The van der Waals surface area contributed by atoms with E-state index in [4.69, 9.17) is 4.74 Å². The van der Waals surface area contributed by atoms with Crippen molar-refractivity contribution >= 4 is 5.91 Å². The Labute approximate surface area is 104 Å². The molecular formula is C13H24N2O2. The van der Waals surface area contributed by atoms with Gasteiger partial charge in [-0.15, -0.1) is 0 Å². The van der Waals surface area contributed by atoms with Crippen molar-refractivity contribution in [1.82, 2.24) is 10.2 Å². The van der Waals surface area contributed by atoms with E-state index in [1.165, 1.54) is 0 Å². The molecule has 1 N–H and O–H groups in total. The van der Waals surface area contributed by atoms with Crippen LogP contribution in [0, 0.1) is 5.92 Å². The van der Waals surface area contributed by atoms with Gasteiger partial charge in [0.1, 0.15) is 0 Å². The standard InChI is InChI=1S/C13H24N2O2/c1-5-8(2)12-13(16)15(10(4)14-12)11-6-7-17-9(11)3/h8-12,14H,5-7H2,1-4H3. The Balaban J connectivity index is 2.11. The van der Waals surface area contributed by atoms with Crippen LogP contribution in [-0.4, -0.2) is 41.8 Å². The molecule has 2 fully saturated rings. The van der Waals surface area contributed by atoms with E-state index in [9.17, 15) is 4.79 Å². The molecule has 4 heteroatoms. The van der Waals surface area contributed by atoms with Gasteiger partial charge in [0.05, 0.1) is 24.4 Å². The van der Waals surface area contributed by atoms with Gasteiger partial charge in [-0.3, -0.25) is 10.1 Å². The predicted molar refractivity (Wildman–Crippen MR) is 66.5 cm³/mol. The summed E-state index contributed by atoms with van der Waals surface area (Å²) in [6.07, 6.45) is 2.29. The zero-order valence-corrected chi connectivity index (χ0v) is 11.3. The summed E-state index contributed by atoms with van der Waals surface area (Å²) in [4.78, 5) is 14.5. The Hall–Kier alpha value is -0.610. The minimum Gasteiger partial charge on any atom is -0.376 e. The Morgan fingerprint density at radius 2 is 2.24 bits per heavy atom. The van der Waals surface area contributed by atoms with Crippen molar-refractivity contribution in [3.05, 3.63) is 0 Å². The summed E-state index contributed by atoms with van der Waals surface area (Å²) in [7, 11) is 0. The highest BCUT2D eigenvalue weighted by Crippen LogP contribution is 2.27. The topological polar surface area (TPSA) is 41.6 Å². The molecule has 4 nitrogen and oxygen atoms in total. The first-order valence-corrected chi connectivity index (χ1v) is 6.76. The van der Waals surface area contributed by atoms with E-state index in [1.807, 2.05) is 4.90 Å². The van der Waals surface area contributed by atoms with E-state index < -0.39 is 0 Å². The van der Waals surface area contributed by atoms with Gasteiger partial charge in [0, 0.05) is 6.61 Å². The summed E-state index contributed by atoms with van der Waals surface area (Å²) in [5, 5.41) is 3.42. The van der Waals surface area contributed by atoms with Gasteiger partial charge in [-0.2, -0.15) is 0 Å². The highest BCUT2D eigenvalue weighted by Gasteiger charge is 2.45. The van der Waals surface area contributed by atoms with E-state index in [-0.39, 0.29) is 30.3 Å². The maximum atomic E-state index is 12.5. The van der Waals surface area contributed by atoms with Gasteiger partial charge in [-0.05, 0) is 26.2 Å². The summed E-state index contributed by atoms with van der Waals surface area (Å²) < 4.78 is 5.57. The lowest BCUT2D eigenvalue weighted by Gasteiger charge is -2.30. The average molecular weight is 240 g/mol. The van der Waals surface area contributed by atoms with Crippen LogP contribution in [0.5, 0.6) is 0 Å². The van der Waals surface area contributed by atoms with E-state index >= 15 is 0 Å². The molecule has 0 aliphatic carbocycles. The molecular weight excluding hydrogens is 216 g/mol. The molecule has 98 valence electrons. The Morgan fingerprint density at radius 3 is 2.76 bits per heavy atom. The van der Waals surface area contributed by atoms with Crippen molar-refractivity contribution in [2.45, 2.75) is 64.9 Å². The van der Waals surface area contributed by atoms with Gasteiger partial charge in [-0.25, -0.2) is 0 Å². The molecule has 0 radical (unpaired) electrons. The number of carbonyl (C=O) groups excluding carboxylic acids is 1. The van der Waals surface area contributed by atoms with E-state index in [1.54, 1.807) is 0 Å². The third-order valence-corrected chi connectivity index (χ3v) is 4.27. The largest absolute Gasteiger partial charge is 0.376 e. The molecule has 2 heterocycles. The zero-order chi connectivity index (χ0) is 12.6. The molecule has 5 atom stereocenters. The van der Waals surface area contributed by atoms with Crippen LogP contribution in [0.25, 0.3) is 0 Å². The van der Waals surface area contributed by atoms with Gasteiger partial charge in [0.2, 0.25) is 5.91 Å². The van der Waals surface area contributed by atoms with Crippen molar-refractivity contribution in [2.24, 2.45) is 5.92 Å². The molecule has 5 unspecified atom stereocenters. The van der Waals surface area contributed by atoms with Crippen LogP contribution < -0.4 is 5.32 Å². The minimum atomic E-state index is -0.0113. The quantitative estimate of drug-likeness (QED) is 0.810. The number of nitrogens with one attached hydrogen (secondary N) is 1. The van der Waals surface area contributed by atoms with Crippen molar-refractivity contribution in [3.63, 3.8) is 0 Å². The van der Waals surface area contributed by atoms with Crippen LogP contribution in [-0.2, 0) is 9.53 Å². The molecule has 0 aromatic carbocycles. The fraction of sp³-hybridized carbons (Fsp3) is 0.923. The smallest absolute Gasteiger partial charge is 0.241 e. The molecule has 0 bridgehead atoms. The molecule has 0 aromatic rings. The zero-order valence-electron chi connectivity index (χ0n) is 11.3. The first kappa shape index (κ1) is 12.8. The second-order valence-electron chi connectivity index (χ2n) is 5.38. The van der Waals surface area contributed by atoms with Crippen LogP contribution >= 0.6 is 0 Å². The SMILES string of the molecule is CCC(C)C1NC(C)N(C2CCOC2C)C1=O. The normalized spacial score (nSPS) is 40.0. The highest BCUT2D eigenvalue weighted by molar-refractivity contribution is 5.85. The molecule has 1 amide bonds. The van der Waals surface area contributed by atoms with Crippen molar-refractivity contribution in [1.29, 1.82) is 0 Å². The van der Waals surface area contributed by atoms with E-state index in [0.29, 0.717) is 5.92 Å². The lowest BCUT2D eigenvalue weighted by Crippen LogP contribution is -2.46. The van der Waals surface area contributed by atoms with Crippen molar-refractivity contribution < 1.29 is 9.53 Å². The molecule has 0 spiro atoms. The van der Waals surface area contributed by atoms with Gasteiger partial charge < -0.3 is 9.64 Å². The third-order valence-electron chi connectivity index (χ3n) is 4.27. The number of rotatable bonds is 3. The minimum absolute atomic E-state index is 0.0113. The second-order valence-corrected chi connectivity index (χ2v) is 5.38. The highest BCUT2D eigenvalue weighted by atomic mass is 16.5. The maximum Gasteiger partial charge on any atom is 0.241 e. The van der Waals surface area contributed by atoms with Crippen LogP contribution in [0.4, 0.5) is 0 Å². The number of nitrogens with zero attached hydrogens (tertiary/aromatic N) is 1. The van der Waals surface area contributed by atoms with E-state index in [0.717, 1.165) is 19.4 Å². The average Bonchev–Trinajstić information content (AvgIpc) is 2.82. The maximum absolute atomic E-state index is 12.5. The third kappa shape index (κ3) is 2.20.